The molecule has 2 rings (SSSR count). The molecule has 0 saturated heterocycles. The first-order valence-electron chi connectivity index (χ1n) is 9.08. The number of allylic oxidation sites excluding steroid dienone is 2. The van der Waals surface area contributed by atoms with Crippen LogP contribution in [0.25, 0.3) is 0 Å². The predicted octanol–water partition coefficient (Wildman–Crippen LogP) is 6.01. The molecule has 3 atom stereocenters. The molecule has 1 heteroatoms. The Morgan fingerprint density at radius 3 is 2.27 bits per heavy atom. The minimum atomic E-state index is -1.43. The molecular weight excluding hydrogens is 280 g/mol. The van der Waals surface area contributed by atoms with Crippen molar-refractivity contribution in [3.63, 3.8) is 0 Å². The maximum absolute atomic E-state index is 2.68. The number of rotatable bonds is 4. The molecular formula is C21H34Si. The van der Waals surface area contributed by atoms with Gasteiger partial charge in [-0.2, -0.15) is 0 Å². The van der Waals surface area contributed by atoms with Gasteiger partial charge in [0.15, 0.2) is 0 Å². The van der Waals surface area contributed by atoms with E-state index in [1.807, 2.05) is 0 Å². The zero-order valence-corrected chi connectivity index (χ0v) is 16.4. The van der Waals surface area contributed by atoms with Crippen molar-refractivity contribution >= 4 is 13.3 Å². The Morgan fingerprint density at radius 2 is 1.68 bits per heavy atom. The molecule has 1 aromatic carbocycles. The van der Waals surface area contributed by atoms with Crippen LogP contribution in [-0.4, -0.2) is 8.07 Å². The summed E-state index contributed by atoms with van der Waals surface area (Å²) >= 11 is 0. The Kier molecular flexibility index (Phi) is 5.71. The van der Waals surface area contributed by atoms with E-state index in [0.717, 1.165) is 17.8 Å². The van der Waals surface area contributed by atoms with Crippen LogP contribution in [0.2, 0.25) is 18.6 Å². The Morgan fingerprint density at radius 1 is 1.05 bits per heavy atom. The first-order chi connectivity index (χ1) is 10.3. The summed E-state index contributed by atoms with van der Waals surface area (Å²) in [6.45, 7) is 14.7. The molecule has 1 aliphatic carbocycles. The molecule has 0 aromatic heterocycles. The van der Waals surface area contributed by atoms with Crippen LogP contribution in [0.3, 0.4) is 0 Å². The second kappa shape index (κ2) is 7.17. The van der Waals surface area contributed by atoms with E-state index in [9.17, 15) is 0 Å². The third kappa shape index (κ3) is 3.93. The summed E-state index contributed by atoms with van der Waals surface area (Å²) in [6, 6.07) is 11.2. The molecule has 1 aliphatic rings. The lowest BCUT2D eigenvalue weighted by molar-refractivity contribution is 0.307. The Balaban J connectivity index is 2.25. The van der Waals surface area contributed by atoms with Crippen LogP contribution in [0.5, 0.6) is 0 Å². The minimum Gasteiger partial charge on any atom is -0.0845 e. The summed E-state index contributed by atoms with van der Waals surface area (Å²) in [6.07, 6.45) is 6.81. The van der Waals surface area contributed by atoms with Crippen molar-refractivity contribution in [3.8, 4) is 0 Å². The molecule has 22 heavy (non-hydrogen) atoms. The van der Waals surface area contributed by atoms with Gasteiger partial charge in [-0.3, -0.25) is 0 Å². The molecule has 0 heterocycles. The maximum Gasteiger partial charge on any atom is 0.0871 e. The molecule has 0 aliphatic heterocycles. The lowest BCUT2D eigenvalue weighted by Gasteiger charge is -2.35. The molecule has 1 saturated carbocycles. The van der Waals surface area contributed by atoms with Gasteiger partial charge in [0.05, 0.1) is 8.07 Å². The molecule has 1 aromatic rings. The van der Waals surface area contributed by atoms with E-state index in [1.165, 1.54) is 19.3 Å². The fourth-order valence-corrected chi connectivity index (χ4v) is 6.13. The molecule has 122 valence electrons. The fourth-order valence-electron chi connectivity index (χ4n) is 3.92. The van der Waals surface area contributed by atoms with Crippen LogP contribution >= 0.6 is 0 Å². The summed E-state index contributed by atoms with van der Waals surface area (Å²) in [5.74, 6) is 2.47. The van der Waals surface area contributed by atoms with Gasteiger partial charge in [0, 0.05) is 0 Å². The van der Waals surface area contributed by atoms with E-state index < -0.39 is 8.07 Å². The lowest BCUT2D eigenvalue weighted by Crippen LogP contribution is -2.44. The van der Waals surface area contributed by atoms with Gasteiger partial charge in [0.2, 0.25) is 0 Å². The smallest absolute Gasteiger partial charge is 0.0845 e. The largest absolute Gasteiger partial charge is 0.0871 e. The Hall–Kier alpha value is -0.823. The number of benzene rings is 1. The second-order valence-corrected chi connectivity index (χ2v) is 13.3. The average Bonchev–Trinajstić information content (AvgIpc) is 2.47. The van der Waals surface area contributed by atoms with Crippen molar-refractivity contribution < 1.29 is 0 Å². The van der Waals surface area contributed by atoms with Crippen LogP contribution in [0.15, 0.2) is 42.0 Å². The van der Waals surface area contributed by atoms with Crippen LogP contribution in [0.1, 0.15) is 47.0 Å². The average molecular weight is 315 g/mol. The van der Waals surface area contributed by atoms with Gasteiger partial charge in [0.1, 0.15) is 0 Å². The highest BCUT2D eigenvalue weighted by atomic mass is 28.3. The SMILES string of the molecule is CC(C)[C@@H]1CC[C@@H](C)C/C1=C\[C@H](C)[Si](C)(C)c1ccccc1. The van der Waals surface area contributed by atoms with Gasteiger partial charge in [-0.05, 0) is 42.6 Å². The predicted molar refractivity (Wildman–Crippen MR) is 102 cm³/mol. The van der Waals surface area contributed by atoms with Crippen LogP contribution in [0, 0.1) is 17.8 Å². The summed E-state index contributed by atoms with van der Waals surface area (Å²) < 4.78 is 0. The summed E-state index contributed by atoms with van der Waals surface area (Å²) in [5.41, 5.74) is 2.47. The highest BCUT2D eigenvalue weighted by Gasteiger charge is 2.32. The third-order valence-electron chi connectivity index (χ3n) is 5.96. The summed E-state index contributed by atoms with van der Waals surface area (Å²) in [4.78, 5) is 0. The lowest BCUT2D eigenvalue weighted by atomic mass is 9.73. The fraction of sp³-hybridized carbons (Fsp3) is 0.619. The third-order valence-corrected chi connectivity index (χ3v) is 10.2. The second-order valence-electron chi connectivity index (χ2n) is 8.36. The maximum atomic E-state index is 2.68. The molecule has 0 unspecified atom stereocenters. The molecule has 0 bridgehead atoms. The topological polar surface area (TPSA) is 0 Å². The van der Waals surface area contributed by atoms with Gasteiger partial charge < -0.3 is 0 Å². The van der Waals surface area contributed by atoms with Gasteiger partial charge in [0.25, 0.3) is 0 Å². The van der Waals surface area contributed by atoms with Gasteiger partial charge in [-0.15, -0.1) is 0 Å². The molecule has 1 fully saturated rings. The van der Waals surface area contributed by atoms with Crippen molar-refractivity contribution in [2.75, 3.05) is 0 Å². The standard InChI is InChI=1S/C21H34Si/c1-16(2)21-13-12-17(3)14-19(21)15-18(4)22(5,6)20-10-8-7-9-11-20/h7-11,15-18,21H,12-14H2,1-6H3/b19-15+/t17-,18+,21+/m1/s1. The minimum absolute atomic E-state index is 0.705. The Bertz CT molecular complexity index is 498. The molecule has 0 radical (unpaired) electrons. The van der Waals surface area contributed by atoms with Gasteiger partial charge in [-0.25, -0.2) is 0 Å². The van der Waals surface area contributed by atoms with Crippen LogP contribution in [-0.2, 0) is 0 Å². The van der Waals surface area contributed by atoms with Crippen LogP contribution < -0.4 is 5.19 Å². The zero-order valence-electron chi connectivity index (χ0n) is 15.4. The molecule has 0 spiro atoms. The van der Waals surface area contributed by atoms with E-state index >= 15 is 0 Å². The van der Waals surface area contributed by atoms with Gasteiger partial charge in [-0.1, -0.05) is 88.0 Å². The monoisotopic (exact) mass is 314 g/mol. The van der Waals surface area contributed by atoms with E-state index in [0.29, 0.717) is 5.54 Å². The van der Waals surface area contributed by atoms with Crippen molar-refractivity contribution in [1.82, 2.24) is 0 Å². The number of hydrogen-bond acceptors (Lipinski definition) is 0. The van der Waals surface area contributed by atoms with Crippen LogP contribution in [0.4, 0.5) is 0 Å². The van der Waals surface area contributed by atoms with Gasteiger partial charge >= 0.3 is 0 Å². The van der Waals surface area contributed by atoms with Crippen molar-refractivity contribution in [2.45, 2.75) is 65.6 Å². The Labute approximate surface area is 139 Å². The first kappa shape index (κ1) is 17.5. The normalized spacial score (nSPS) is 26.4. The van der Waals surface area contributed by atoms with E-state index in [2.05, 4.69) is 77.2 Å². The van der Waals surface area contributed by atoms with Crippen molar-refractivity contribution in [1.29, 1.82) is 0 Å². The molecule has 0 nitrogen and oxygen atoms in total. The highest BCUT2D eigenvalue weighted by molar-refractivity contribution is 6.91. The molecule has 0 N–H and O–H groups in total. The van der Waals surface area contributed by atoms with Crippen molar-refractivity contribution in [3.05, 3.63) is 42.0 Å². The number of hydrogen-bond donors (Lipinski definition) is 0. The zero-order chi connectivity index (χ0) is 16.3. The van der Waals surface area contributed by atoms with Crippen molar-refractivity contribution in [2.24, 2.45) is 17.8 Å². The van der Waals surface area contributed by atoms with E-state index in [1.54, 1.807) is 10.8 Å². The first-order valence-corrected chi connectivity index (χ1v) is 12.2. The molecule has 0 amide bonds. The highest BCUT2D eigenvalue weighted by Crippen LogP contribution is 2.39. The summed E-state index contributed by atoms with van der Waals surface area (Å²) in [7, 11) is -1.43. The van der Waals surface area contributed by atoms with E-state index in [4.69, 9.17) is 0 Å². The quantitative estimate of drug-likeness (QED) is 0.471. The van der Waals surface area contributed by atoms with E-state index in [-0.39, 0.29) is 0 Å². The summed E-state index contributed by atoms with van der Waals surface area (Å²) in [5, 5.41) is 1.59.